The molecule has 0 aliphatic carbocycles. The number of carbonyl (C=O) groups is 1. The number of aryl methyl sites for hydroxylation is 1. The van der Waals surface area contributed by atoms with Gasteiger partial charge in [0.1, 0.15) is 0 Å². The molecule has 0 spiro atoms. The van der Waals surface area contributed by atoms with Crippen molar-refractivity contribution in [3.05, 3.63) is 36.7 Å². The molecule has 1 unspecified atom stereocenters. The Morgan fingerprint density at radius 2 is 2.35 bits per heavy atom. The molecule has 1 aliphatic rings. The van der Waals surface area contributed by atoms with Crippen LogP contribution in [0.25, 0.3) is 0 Å². The standard InChI is InChI=1S/C17H22N4OS/c1-21-11-10-19-17(21)23-15-5-3-2-4-14(15)20-16(22)7-6-13-8-9-18-12-13/h2-5,10-11,13,18H,6-9,12H2,1H3,(H,20,22). The van der Waals surface area contributed by atoms with Gasteiger partial charge in [0.25, 0.3) is 0 Å². The summed E-state index contributed by atoms with van der Waals surface area (Å²) in [5, 5.41) is 7.30. The summed E-state index contributed by atoms with van der Waals surface area (Å²) in [4.78, 5) is 17.6. The van der Waals surface area contributed by atoms with Crippen LogP contribution in [0.15, 0.2) is 46.7 Å². The first-order valence-corrected chi connectivity index (χ1v) is 8.79. The zero-order valence-corrected chi connectivity index (χ0v) is 14.1. The van der Waals surface area contributed by atoms with E-state index in [1.165, 1.54) is 6.42 Å². The van der Waals surface area contributed by atoms with Crippen LogP contribution in [0.5, 0.6) is 0 Å². The van der Waals surface area contributed by atoms with Gasteiger partial charge in [-0.05, 0) is 55.7 Å². The number of anilines is 1. The lowest BCUT2D eigenvalue weighted by Crippen LogP contribution is -2.15. The van der Waals surface area contributed by atoms with Gasteiger partial charge >= 0.3 is 0 Å². The maximum absolute atomic E-state index is 12.2. The van der Waals surface area contributed by atoms with Crippen LogP contribution in [0.2, 0.25) is 0 Å². The highest BCUT2D eigenvalue weighted by Gasteiger charge is 2.16. The lowest BCUT2D eigenvalue weighted by atomic mass is 10.0. The number of rotatable bonds is 6. The van der Waals surface area contributed by atoms with Crippen molar-refractivity contribution in [1.29, 1.82) is 0 Å². The van der Waals surface area contributed by atoms with E-state index in [0.29, 0.717) is 12.3 Å². The minimum Gasteiger partial charge on any atom is -0.329 e. The van der Waals surface area contributed by atoms with Gasteiger partial charge in [-0.2, -0.15) is 0 Å². The van der Waals surface area contributed by atoms with Crippen molar-refractivity contribution in [1.82, 2.24) is 14.9 Å². The van der Waals surface area contributed by atoms with Crippen molar-refractivity contribution in [2.75, 3.05) is 18.4 Å². The van der Waals surface area contributed by atoms with E-state index in [-0.39, 0.29) is 5.91 Å². The summed E-state index contributed by atoms with van der Waals surface area (Å²) in [6.45, 7) is 2.12. The fourth-order valence-electron chi connectivity index (χ4n) is 2.72. The molecule has 0 radical (unpaired) electrons. The summed E-state index contributed by atoms with van der Waals surface area (Å²) in [5.74, 6) is 0.725. The topological polar surface area (TPSA) is 59.0 Å². The highest BCUT2D eigenvalue weighted by molar-refractivity contribution is 7.99. The lowest BCUT2D eigenvalue weighted by molar-refractivity contribution is -0.116. The van der Waals surface area contributed by atoms with E-state index in [2.05, 4.69) is 15.6 Å². The second-order valence-corrected chi connectivity index (χ2v) is 6.87. The molecule has 0 saturated carbocycles. The van der Waals surface area contributed by atoms with E-state index >= 15 is 0 Å². The molecule has 6 heteroatoms. The number of para-hydroxylation sites is 1. The highest BCUT2D eigenvalue weighted by atomic mass is 32.2. The molecule has 23 heavy (non-hydrogen) atoms. The predicted molar refractivity (Wildman–Crippen MR) is 92.6 cm³/mol. The molecule has 5 nitrogen and oxygen atoms in total. The van der Waals surface area contributed by atoms with E-state index in [1.807, 2.05) is 42.1 Å². The molecular formula is C17H22N4OS. The SMILES string of the molecule is Cn1ccnc1Sc1ccccc1NC(=O)CCC1CCNC1. The first kappa shape index (κ1) is 16.1. The molecule has 2 N–H and O–H groups in total. The van der Waals surface area contributed by atoms with E-state index < -0.39 is 0 Å². The number of imidazole rings is 1. The molecule has 1 amide bonds. The number of carbonyl (C=O) groups excluding carboxylic acids is 1. The summed E-state index contributed by atoms with van der Waals surface area (Å²) >= 11 is 1.56. The molecule has 2 aromatic rings. The minimum absolute atomic E-state index is 0.0878. The average molecular weight is 330 g/mol. The van der Waals surface area contributed by atoms with E-state index in [0.717, 1.165) is 35.2 Å². The van der Waals surface area contributed by atoms with Gasteiger partial charge in [-0.1, -0.05) is 12.1 Å². The smallest absolute Gasteiger partial charge is 0.224 e. The third kappa shape index (κ3) is 4.36. The van der Waals surface area contributed by atoms with Gasteiger partial charge in [-0.25, -0.2) is 4.98 Å². The van der Waals surface area contributed by atoms with Crippen molar-refractivity contribution in [3.63, 3.8) is 0 Å². The molecule has 1 saturated heterocycles. The van der Waals surface area contributed by atoms with Crippen molar-refractivity contribution >= 4 is 23.4 Å². The minimum atomic E-state index is 0.0878. The third-order valence-electron chi connectivity index (χ3n) is 4.08. The van der Waals surface area contributed by atoms with Crippen LogP contribution in [0, 0.1) is 5.92 Å². The van der Waals surface area contributed by atoms with Crippen LogP contribution in [0.3, 0.4) is 0 Å². The molecule has 2 heterocycles. The van der Waals surface area contributed by atoms with Gasteiger partial charge in [0.2, 0.25) is 5.91 Å². The fraction of sp³-hybridized carbons (Fsp3) is 0.412. The van der Waals surface area contributed by atoms with Crippen molar-refractivity contribution < 1.29 is 4.79 Å². The second kappa shape index (κ2) is 7.66. The first-order chi connectivity index (χ1) is 11.2. The van der Waals surface area contributed by atoms with Gasteiger partial charge in [0.05, 0.1) is 5.69 Å². The zero-order valence-electron chi connectivity index (χ0n) is 13.3. The Labute approximate surface area is 140 Å². The highest BCUT2D eigenvalue weighted by Crippen LogP contribution is 2.32. The van der Waals surface area contributed by atoms with Crippen LogP contribution in [-0.2, 0) is 11.8 Å². The van der Waals surface area contributed by atoms with Crippen LogP contribution in [0.1, 0.15) is 19.3 Å². The molecule has 1 aromatic heterocycles. The molecule has 1 aliphatic heterocycles. The third-order valence-corrected chi connectivity index (χ3v) is 5.23. The van der Waals surface area contributed by atoms with Crippen molar-refractivity contribution in [3.8, 4) is 0 Å². The summed E-state index contributed by atoms with van der Waals surface area (Å²) < 4.78 is 1.97. The lowest BCUT2D eigenvalue weighted by Gasteiger charge is -2.12. The number of benzene rings is 1. The largest absolute Gasteiger partial charge is 0.329 e. The van der Waals surface area contributed by atoms with Gasteiger partial charge in [0.15, 0.2) is 5.16 Å². The first-order valence-electron chi connectivity index (χ1n) is 7.97. The molecule has 122 valence electrons. The molecule has 1 fully saturated rings. The zero-order chi connectivity index (χ0) is 16.1. The molecule has 0 bridgehead atoms. The maximum Gasteiger partial charge on any atom is 0.224 e. The second-order valence-electron chi connectivity index (χ2n) is 5.86. The number of nitrogens with one attached hydrogen (secondary N) is 2. The summed E-state index contributed by atoms with van der Waals surface area (Å²) in [7, 11) is 1.96. The van der Waals surface area contributed by atoms with Crippen LogP contribution < -0.4 is 10.6 Å². The Balaban J connectivity index is 1.60. The van der Waals surface area contributed by atoms with Gasteiger partial charge in [0, 0.05) is 30.8 Å². The Kier molecular flexibility index (Phi) is 5.35. The Morgan fingerprint density at radius 3 is 3.09 bits per heavy atom. The van der Waals surface area contributed by atoms with Crippen LogP contribution in [0.4, 0.5) is 5.69 Å². The monoisotopic (exact) mass is 330 g/mol. The quantitative estimate of drug-likeness (QED) is 0.855. The van der Waals surface area contributed by atoms with Crippen LogP contribution in [-0.4, -0.2) is 28.5 Å². The van der Waals surface area contributed by atoms with Crippen LogP contribution >= 0.6 is 11.8 Å². The fourth-order valence-corrected chi connectivity index (χ4v) is 3.61. The average Bonchev–Trinajstić information content (AvgIpc) is 3.20. The van der Waals surface area contributed by atoms with E-state index in [9.17, 15) is 4.79 Å². The predicted octanol–water partition coefficient (Wildman–Crippen LogP) is 2.90. The Hall–Kier alpha value is -1.79. The molecular weight excluding hydrogens is 308 g/mol. The maximum atomic E-state index is 12.2. The van der Waals surface area contributed by atoms with Gasteiger partial charge in [-0.15, -0.1) is 0 Å². The number of hydrogen-bond acceptors (Lipinski definition) is 4. The van der Waals surface area contributed by atoms with Gasteiger partial charge in [-0.3, -0.25) is 4.79 Å². The van der Waals surface area contributed by atoms with Gasteiger partial charge < -0.3 is 15.2 Å². The summed E-state index contributed by atoms with van der Waals surface area (Å²) in [6.07, 6.45) is 6.40. The van der Waals surface area contributed by atoms with E-state index in [1.54, 1.807) is 18.0 Å². The number of aromatic nitrogens is 2. The Morgan fingerprint density at radius 1 is 1.48 bits per heavy atom. The summed E-state index contributed by atoms with van der Waals surface area (Å²) in [5.41, 5.74) is 0.857. The Bertz CT molecular complexity index is 664. The number of amides is 1. The molecule has 3 rings (SSSR count). The van der Waals surface area contributed by atoms with E-state index in [4.69, 9.17) is 0 Å². The van der Waals surface area contributed by atoms with Crippen molar-refractivity contribution in [2.24, 2.45) is 13.0 Å². The molecule has 1 atom stereocenters. The summed E-state index contributed by atoms with van der Waals surface area (Å²) in [6, 6.07) is 7.88. The molecule has 1 aromatic carbocycles. The number of hydrogen-bond donors (Lipinski definition) is 2. The number of nitrogens with zero attached hydrogens (tertiary/aromatic N) is 2. The van der Waals surface area contributed by atoms with Crippen molar-refractivity contribution in [2.45, 2.75) is 29.3 Å². The normalized spacial score (nSPS) is 17.3.